The van der Waals surface area contributed by atoms with Gasteiger partial charge < -0.3 is 24.8 Å². The summed E-state index contributed by atoms with van der Waals surface area (Å²) in [6, 6.07) is 0. The molecule has 0 fully saturated rings. The Morgan fingerprint density at radius 2 is 1.63 bits per heavy atom. The third kappa shape index (κ3) is 15.1. The number of carbonyl (C=O) groups is 1. The zero-order valence-electron chi connectivity index (χ0n) is 12.2. The van der Waals surface area contributed by atoms with Gasteiger partial charge in [-0.25, -0.2) is 4.79 Å². The Morgan fingerprint density at radius 1 is 0.947 bits per heavy atom. The van der Waals surface area contributed by atoms with Crippen LogP contribution in [0.5, 0.6) is 0 Å². The van der Waals surface area contributed by atoms with Crippen LogP contribution in [0.4, 0.5) is 4.79 Å². The van der Waals surface area contributed by atoms with E-state index in [9.17, 15) is 4.79 Å². The van der Waals surface area contributed by atoms with E-state index in [0.29, 0.717) is 33.0 Å². The highest BCUT2D eigenvalue weighted by Crippen LogP contribution is 1.83. The molecule has 0 aliphatic rings. The average Bonchev–Trinajstić information content (AvgIpc) is 2.40. The lowest BCUT2D eigenvalue weighted by Gasteiger charge is -2.07. The molecule has 0 rings (SSSR count). The van der Waals surface area contributed by atoms with Crippen molar-refractivity contribution in [2.75, 3.05) is 52.7 Å². The summed E-state index contributed by atoms with van der Waals surface area (Å²) in [5.41, 5.74) is 0. The summed E-state index contributed by atoms with van der Waals surface area (Å²) < 4.78 is 15.5. The maximum Gasteiger partial charge on any atom is 0.407 e. The molecule has 0 radical (unpaired) electrons. The van der Waals surface area contributed by atoms with Crippen molar-refractivity contribution in [2.45, 2.75) is 26.7 Å². The molecule has 19 heavy (non-hydrogen) atoms. The van der Waals surface area contributed by atoms with Gasteiger partial charge in [-0.3, -0.25) is 0 Å². The van der Waals surface area contributed by atoms with Crippen LogP contribution in [-0.2, 0) is 14.2 Å². The number of carbonyl (C=O) groups excluding carboxylic acids is 1. The predicted molar refractivity (Wildman–Crippen MR) is 74.4 cm³/mol. The lowest BCUT2D eigenvalue weighted by Crippen LogP contribution is -2.25. The van der Waals surface area contributed by atoms with Crippen molar-refractivity contribution < 1.29 is 19.0 Å². The topological polar surface area (TPSA) is 68.8 Å². The fourth-order valence-corrected chi connectivity index (χ4v) is 1.28. The first-order chi connectivity index (χ1) is 9.31. The Labute approximate surface area is 116 Å². The molecule has 6 nitrogen and oxygen atoms in total. The van der Waals surface area contributed by atoms with Gasteiger partial charge in [0.25, 0.3) is 0 Å². The second kappa shape index (κ2) is 15.2. The molecule has 0 aromatic rings. The van der Waals surface area contributed by atoms with E-state index in [2.05, 4.69) is 17.6 Å². The molecule has 0 bridgehead atoms. The molecular weight excluding hydrogens is 248 g/mol. The van der Waals surface area contributed by atoms with Crippen molar-refractivity contribution in [1.29, 1.82) is 0 Å². The highest BCUT2D eigenvalue weighted by atomic mass is 16.6. The van der Waals surface area contributed by atoms with E-state index in [1.807, 2.05) is 6.92 Å². The number of amides is 1. The van der Waals surface area contributed by atoms with Crippen molar-refractivity contribution in [2.24, 2.45) is 0 Å². The Balaban J connectivity index is 3.01. The van der Waals surface area contributed by atoms with Crippen molar-refractivity contribution in [3.8, 4) is 0 Å². The van der Waals surface area contributed by atoms with E-state index in [1.165, 1.54) is 12.8 Å². The zero-order valence-corrected chi connectivity index (χ0v) is 12.2. The largest absolute Gasteiger partial charge is 0.447 e. The second-order valence-electron chi connectivity index (χ2n) is 3.99. The van der Waals surface area contributed by atoms with E-state index < -0.39 is 6.09 Å². The number of ether oxygens (including phenoxy) is 3. The van der Waals surface area contributed by atoms with Crippen LogP contribution in [0.2, 0.25) is 0 Å². The zero-order chi connectivity index (χ0) is 14.2. The summed E-state index contributed by atoms with van der Waals surface area (Å²) >= 11 is 0. The fourth-order valence-electron chi connectivity index (χ4n) is 1.28. The van der Waals surface area contributed by atoms with Crippen LogP contribution in [0.25, 0.3) is 0 Å². The number of hydrogen-bond acceptors (Lipinski definition) is 5. The minimum absolute atomic E-state index is 0.268. The van der Waals surface area contributed by atoms with Gasteiger partial charge in [-0.15, -0.1) is 0 Å². The Hall–Kier alpha value is -0.850. The molecule has 0 unspecified atom stereocenters. The van der Waals surface area contributed by atoms with Crippen LogP contribution in [0.15, 0.2) is 0 Å². The molecule has 0 spiro atoms. The molecule has 0 heterocycles. The second-order valence-corrected chi connectivity index (χ2v) is 3.99. The third-order valence-corrected chi connectivity index (χ3v) is 2.28. The van der Waals surface area contributed by atoms with Crippen LogP contribution in [0, 0.1) is 0 Å². The standard InChI is InChI=1S/C13H28N2O4/c1-3-5-6-14-7-8-17-9-10-18-11-12-19-13(16)15-4-2/h14H,3-12H2,1-2H3,(H,15,16). The van der Waals surface area contributed by atoms with Gasteiger partial charge in [0, 0.05) is 13.1 Å². The van der Waals surface area contributed by atoms with Gasteiger partial charge in [-0.05, 0) is 19.9 Å². The molecule has 0 atom stereocenters. The maximum atomic E-state index is 10.9. The van der Waals surface area contributed by atoms with Crippen LogP contribution in [-0.4, -0.2) is 58.8 Å². The molecule has 0 aliphatic heterocycles. The quantitative estimate of drug-likeness (QED) is 0.494. The fraction of sp³-hybridized carbons (Fsp3) is 0.923. The summed E-state index contributed by atoms with van der Waals surface area (Å²) in [5, 5.41) is 5.83. The number of nitrogens with one attached hydrogen (secondary N) is 2. The van der Waals surface area contributed by atoms with Gasteiger partial charge in [0.15, 0.2) is 0 Å². The molecule has 2 N–H and O–H groups in total. The number of unbranched alkanes of at least 4 members (excludes halogenated alkanes) is 1. The SMILES string of the molecule is CCCCNCCOCCOCCOC(=O)NCC. The minimum atomic E-state index is -0.402. The van der Waals surface area contributed by atoms with E-state index in [1.54, 1.807) is 0 Å². The molecule has 1 amide bonds. The lowest BCUT2D eigenvalue weighted by molar-refractivity contribution is 0.0290. The first-order valence-electron chi connectivity index (χ1n) is 7.08. The molecule has 0 aromatic carbocycles. The van der Waals surface area contributed by atoms with E-state index in [4.69, 9.17) is 14.2 Å². The van der Waals surface area contributed by atoms with Gasteiger partial charge in [0.05, 0.1) is 26.4 Å². The highest BCUT2D eigenvalue weighted by Gasteiger charge is 1.98. The molecule has 6 heteroatoms. The number of hydrogen-bond donors (Lipinski definition) is 2. The van der Waals surface area contributed by atoms with Crippen LogP contribution < -0.4 is 10.6 Å². The first kappa shape index (κ1) is 18.1. The van der Waals surface area contributed by atoms with Gasteiger partial charge in [0.1, 0.15) is 6.61 Å². The smallest absolute Gasteiger partial charge is 0.407 e. The van der Waals surface area contributed by atoms with Gasteiger partial charge >= 0.3 is 6.09 Å². The monoisotopic (exact) mass is 276 g/mol. The minimum Gasteiger partial charge on any atom is -0.447 e. The van der Waals surface area contributed by atoms with Gasteiger partial charge in [0.2, 0.25) is 0 Å². The van der Waals surface area contributed by atoms with Crippen molar-refractivity contribution in [3.05, 3.63) is 0 Å². The normalized spacial score (nSPS) is 10.4. The number of alkyl carbamates (subject to hydrolysis) is 1. The average molecular weight is 276 g/mol. The highest BCUT2D eigenvalue weighted by molar-refractivity contribution is 5.66. The summed E-state index contributed by atoms with van der Waals surface area (Å²) in [7, 11) is 0. The third-order valence-electron chi connectivity index (χ3n) is 2.28. The van der Waals surface area contributed by atoms with Crippen LogP contribution >= 0.6 is 0 Å². The molecule has 0 saturated carbocycles. The summed E-state index contributed by atoms with van der Waals surface area (Å²) in [6.07, 6.45) is 2.01. The first-order valence-corrected chi connectivity index (χ1v) is 7.08. The van der Waals surface area contributed by atoms with E-state index in [0.717, 1.165) is 13.1 Å². The Morgan fingerprint density at radius 3 is 2.32 bits per heavy atom. The van der Waals surface area contributed by atoms with Crippen LogP contribution in [0.3, 0.4) is 0 Å². The van der Waals surface area contributed by atoms with Crippen molar-refractivity contribution in [3.63, 3.8) is 0 Å². The van der Waals surface area contributed by atoms with Gasteiger partial charge in [-0.2, -0.15) is 0 Å². The van der Waals surface area contributed by atoms with E-state index in [-0.39, 0.29) is 6.61 Å². The molecule has 114 valence electrons. The molecular formula is C13H28N2O4. The maximum absolute atomic E-state index is 10.9. The lowest BCUT2D eigenvalue weighted by atomic mass is 10.3. The Kier molecular flexibility index (Phi) is 14.5. The number of rotatable bonds is 13. The Bertz CT molecular complexity index is 203. The van der Waals surface area contributed by atoms with Crippen LogP contribution in [0.1, 0.15) is 26.7 Å². The molecule has 0 saturated heterocycles. The molecule has 0 aromatic heterocycles. The summed E-state index contributed by atoms with van der Waals surface area (Å²) in [6.45, 7) is 8.96. The van der Waals surface area contributed by atoms with Crippen molar-refractivity contribution >= 4 is 6.09 Å². The predicted octanol–water partition coefficient (Wildman–Crippen LogP) is 1.16. The molecule has 0 aliphatic carbocycles. The summed E-state index contributed by atoms with van der Waals surface area (Å²) in [5.74, 6) is 0. The van der Waals surface area contributed by atoms with Gasteiger partial charge in [-0.1, -0.05) is 13.3 Å². The van der Waals surface area contributed by atoms with E-state index >= 15 is 0 Å². The summed E-state index contributed by atoms with van der Waals surface area (Å²) in [4.78, 5) is 10.9. The van der Waals surface area contributed by atoms with Crippen molar-refractivity contribution in [1.82, 2.24) is 10.6 Å².